The molecule has 0 saturated carbocycles. The molecule has 4 atom stereocenters. The fourth-order valence-corrected chi connectivity index (χ4v) is 6.20. The van der Waals surface area contributed by atoms with E-state index in [0.717, 1.165) is 11.3 Å². The Kier molecular flexibility index (Phi) is 6.65. The minimum atomic E-state index is -1.07. The summed E-state index contributed by atoms with van der Waals surface area (Å²) in [5, 5.41) is 27.9. The highest BCUT2D eigenvalue weighted by atomic mass is 32.2. The molecule has 2 aliphatic rings. The van der Waals surface area contributed by atoms with Crippen molar-refractivity contribution < 1.29 is 24.6 Å². The molecule has 0 radical (unpaired) electrons. The quantitative estimate of drug-likeness (QED) is 0.291. The van der Waals surface area contributed by atoms with E-state index in [1.54, 1.807) is 26.0 Å². The number of nitrogens with one attached hydrogen (secondary N) is 3. The number of rotatable bonds is 6. The zero-order valence-corrected chi connectivity index (χ0v) is 20.9. The largest absolute Gasteiger partial charge is 0.508 e. The molecule has 0 aromatic heterocycles. The molecule has 2 aliphatic heterocycles. The zero-order valence-electron chi connectivity index (χ0n) is 19.3. The Labute approximate surface area is 212 Å². The molecule has 184 valence electrons. The van der Waals surface area contributed by atoms with E-state index in [4.69, 9.17) is 12.2 Å². The average molecular weight is 515 g/mol. The van der Waals surface area contributed by atoms with Crippen LogP contribution in [0.25, 0.3) is 0 Å². The molecule has 4 unspecified atom stereocenters. The number of phenolic OH excluding ortho intramolecular Hbond substituents is 1. The van der Waals surface area contributed by atoms with Crippen molar-refractivity contribution in [2.45, 2.75) is 49.0 Å². The molecule has 4 rings (SSSR count). The third-order valence-electron chi connectivity index (χ3n) is 6.13. The second-order valence-corrected chi connectivity index (χ2v) is 11.2. The number of β-lactam (4-membered cyclic amide) rings is 1. The molecular formula is C24H26N4O5S2. The summed E-state index contributed by atoms with van der Waals surface area (Å²) in [7, 11) is 0. The number of carboxylic acids is 1. The van der Waals surface area contributed by atoms with Crippen molar-refractivity contribution in [2.75, 3.05) is 5.32 Å². The van der Waals surface area contributed by atoms with Gasteiger partial charge in [-0.25, -0.2) is 4.79 Å². The van der Waals surface area contributed by atoms with E-state index in [2.05, 4.69) is 16.0 Å². The highest BCUT2D eigenvalue weighted by Gasteiger charge is 2.64. The van der Waals surface area contributed by atoms with Crippen LogP contribution in [0, 0.1) is 6.92 Å². The number of carboxylic acid groups (broad SMARTS) is 1. The lowest BCUT2D eigenvalue weighted by Gasteiger charge is -2.44. The Morgan fingerprint density at radius 1 is 1.14 bits per heavy atom. The summed E-state index contributed by atoms with van der Waals surface area (Å²) < 4.78 is -0.695. The van der Waals surface area contributed by atoms with Gasteiger partial charge in [0.2, 0.25) is 11.8 Å². The Hall–Kier alpha value is -3.31. The predicted molar refractivity (Wildman–Crippen MR) is 137 cm³/mol. The number of carbonyl (C=O) groups is 3. The second kappa shape index (κ2) is 9.38. The van der Waals surface area contributed by atoms with Crippen molar-refractivity contribution in [3.8, 4) is 5.75 Å². The first kappa shape index (κ1) is 24.8. The maximum Gasteiger partial charge on any atom is 0.327 e. The molecule has 2 amide bonds. The number of aliphatic carboxylic acids is 1. The molecule has 0 bridgehead atoms. The van der Waals surface area contributed by atoms with Crippen LogP contribution in [0.1, 0.15) is 31.0 Å². The van der Waals surface area contributed by atoms with Gasteiger partial charge in [0.25, 0.3) is 0 Å². The van der Waals surface area contributed by atoms with Gasteiger partial charge in [0.15, 0.2) is 5.11 Å². The lowest BCUT2D eigenvalue weighted by atomic mass is 9.95. The summed E-state index contributed by atoms with van der Waals surface area (Å²) in [4.78, 5) is 39.3. The summed E-state index contributed by atoms with van der Waals surface area (Å²) in [5.74, 6) is -1.96. The van der Waals surface area contributed by atoms with Gasteiger partial charge in [-0.2, -0.15) is 0 Å². The summed E-state index contributed by atoms with van der Waals surface area (Å²) in [5.41, 5.74) is 2.28. The van der Waals surface area contributed by atoms with Gasteiger partial charge in [-0.3, -0.25) is 9.59 Å². The fourth-order valence-electron chi connectivity index (χ4n) is 4.35. The van der Waals surface area contributed by atoms with Crippen molar-refractivity contribution in [2.24, 2.45) is 0 Å². The van der Waals surface area contributed by atoms with Crippen LogP contribution in [0.15, 0.2) is 48.5 Å². The van der Waals surface area contributed by atoms with E-state index in [-0.39, 0.29) is 10.9 Å². The monoisotopic (exact) mass is 514 g/mol. The molecule has 0 aliphatic carbocycles. The van der Waals surface area contributed by atoms with E-state index in [1.807, 2.05) is 31.2 Å². The highest BCUT2D eigenvalue weighted by molar-refractivity contribution is 8.01. The van der Waals surface area contributed by atoms with E-state index in [9.17, 15) is 24.6 Å². The lowest BCUT2D eigenvalue weighted by Crippen LogP contribution is -2.71. The molecular weight excluding hydrogens is 488 g/mol. The van der Waals surface area contributed by atoms with Gasteiger partial charge in [0, 0.05) is 10.4 Å². The number of anilines is 1. The molecule has 11 heteroatoms. The minimum absolute atomic E-state index is 0.0441. The first-order valence-electron chi connectivity index (χ1n) is 10.9. The van der Waals surface area contributed by atoms with Crippen molar-refractivity contribution in [3.05, 3.63) is 59.7 Å². The van der Waals surface area contributed by atoms with Crippen LogP contribution in [0.3, 0.4) is 0 Å². The van der Waals surface area contributed by atoms with Gasteiger partial charge in [-0.1, -0.05) is 30.3 Å². The number of thiocarbonyl (C=S) groups is 1. The number of hydrogen-bond acceptors (Lipinski definition) is 6. The van der Waals surface area contributed by atoms with Crippen LogP contribution >= 0.6 is 24.0 Å². The van der Waals surface area contributed by atoms with Crippen molar-refractivity contribution in [1.82, 2.24) is 15.5 Å². The predicted octanol–water partition coefficient (Wildman–Crippen LogP) is 2.36. The first-order chi connectivity index (χ1) is 16.5. The molecule has 0 spiro atoms. The van der Waals surface area contributed by atoms with Gasteiger partial charge < -0.3 is 31.1 Å². The highest BCUT2D eigenvalue weighted by Crippen LogP contribution is 2.50. The van der Waals surface area contributed by atoms with E-state index < -0.39 is 46.0 Å². The number of amides is 2. The Balaban J connectivity index is 1.52. The summed E-state index contributed by atoms with van der Waals surface area (Å²) in [6.07, 6.45) is 0. The lowest BCUT2D eigenvalue weighted by molar-refractivity contribution is -0.161. The molecule has 5 N–H and O–H groups in total. The van der Waals surface area contributed by atoms with Crippen LogP contribution in [0.5, 0.6) is 5.75 Å². The molecule has 2 aromatic carbocycles. The molecule has 2 saturated heterocycles. The van der Waals surface area contributed by atoms with Crippen LogP contribution in [-0.2, 0) is 14.4 Å². The number of phenols is 1. The van der Waals surface area contributed by atoms with Crippen LogP contribution in [0.2, 0.25) is 0 Å². The third-order valence-corrected chi connectivity index (χ3v) is 7.92. The molecule has 35 heavy (non-hydrogen) atoms. The van der Waals surface area contributed by atoms with Gasteiger partial charge >= 0.3 is 5.97 Å². The van der Waals surface area contributed by atoms with Crippen LogP contribution < -0.4 is 16.0 Å². The number of para-hydroxylation sites is 1. The minimum Gasteiger partial charge on any atom is -0.508 e. The Bertz CT molecular complexity index is 1190. The number of fused-ring (bicyclic) bond motifs is 1. The number of thioether (sulfide) groups is 1. The maximum atomic E-state index is 13.4. The second-order valence-electron chi connectivity index (χ2n) is 9.02. The first-order valence-corrected chi connectivity index (χ1v) is 12.2. The number of benzene rings is 2. The SMILES string of the molecule is Cc1ccccc1NC(=S)NC(C(=O)NC1C(=O)N2C1SC(C)(C)C2C(=O)O)c1ccc(O)cc1. The molecule has 2 fully saturated rings. The topological polar surface area (TPSA) is 131 Å². The number of hydrogen-bond donors (Lipinski definition) is 5. The number of aryl methyl sites for hydroxylation is 1. The number of nitrogens with zero attached hydrogens (tertiary/aromatic N) is 1. The smallest absolute Gasteiger partial charge is 0.327 e. The van der Waals surface area contributed by atoms with E-state index in [1.165, 1.54) is 28.8 Å². The molecule has 9 nitrogen and oxygen atoms in total. The fraction of sp³-hybridized carbons (Fsp3) is 0.333. The third kappa shape index (κ3) is 4.78. The standard InChI is InChI=1S/C24H26N4O5S2/c1-12-6-4-5-7-15(12)25-23(34)27-16(13-8-10-14(29)11-9-13)19(30)26-17-20(31)28-18(22(32)33)24(2,3)35-21(17)28/h4-11,16-18,21,29H,1-3H3,(H,26,30)(H,32,33)(H2,25,27,34). The van der Waals surface area contributed by atoms with Crippen LogP contribution in [-0.4, -0.2) is 60.2 Å². The molecule has 2 aromatic rings. The summed E-state index contributed by atoms with van der Waals surface area (Å²) >= 11 is 6.80. The molecule has 2 heterocycles. The van der Waals surface area contributed by atoms with E-state index in [0.29, 0.717) is 5.56 Å². The van der Waals surface area contributed by atoms with Crippen molar-refractivity contribution in [3.63, 3.8) is 0 Å². The maximum absolute atomic E-state index is 13.4. The Morgan fingerprint density at radius 3 is 2.43 bits per heavy atom. The van der Waals surface area contributed by atoms with Gasteiger partial charge in [-0.05, 0) is 62.3 Å². The summed E-state index contributed by atoms with van der Waals surface area (Å²) in [6, 6.07) is 10.9. The number of carbonyl (C=O) groups excluding carboxylic acids is 2. The van der Waals surface area contributed by atoms with Crippen LogP contribution in [0.4, 0.5) is 5.69 Å². The normalized spacial score (nSPS) is 23.0. The summed E-state index contributed by atoms with van der Waals surface area (Å²) in [6.45, 7) is 5.48. The van der Waals surface area contributed by atoms with E-state index >= 15 is 0 Å². The van der Waals surface area contributed by atoms with Gasteiger partial charge in [-0.15, -0.1) is 11.8 Å². The van der Waals surface area contributed by atoms with Crippen molar-refractivity contribution in [1.29, 1.82) is 0 Å². The zero-order chi connectivity index (χ0) is 25.5. The van der Waals surface area contributed by atoms with Gasteiger partial charge in [0.05, 0.1) is 0 Å². The average Bonchev–Trinajstić information content (AvgIpc) is 3.06. The van der Waals surface area contributed by atoms with Crippen molar-refractivity contribution >= 4 is 52.6 Å². The number of aromatic hydroxyl groups is 1. The van der Waals surface area contributed by atoms with Gasteiger partial charge in [0.1, 0.15) is 29.2 Å². The Morgan fingerprint density at radius 2 is 1.80 bits per heavy atom.